The standard InChI is InChI=1S/C20H19F3N8/c1-30-10-12(8-26-30)15-7-13-16(9-25-15)28-29-18(13)14-3-2-4-17(27-14)31-6-5-19(24,11-31)20(21,22)23/h2-4,7-10H,5-6,11,24H2,1H3,(H,28,29). The Hall–Kier alpha value is -3.47. The fraction of sp³-hybridized carbons (Fsp3) is 0.300. The van der Waals surface area contributed by atoms with Gasteiger partial charge in [-0.3, -0.25) is 14.8 Å². The van der Waals surface area contributed by atoms with Gasteiger partial charge in [0.05, 0.1) is 29.3 Å². The van der Waals surface area contributed by atoms with Crippen molar-refractivity contribution in [3.05, 3.63) is 42.9 Å². The van der Waals surface area contributed by atoms with Gasteiger partial charge >= 0.3 is 6.18 Å². The van der Waals surface area contributed by atoms with Crippen LogP contribution in [0.15, 0.2) is 42.9 Å². The van der Waals surface area contributed by atoms with Crippen LogP contribution in [0.5, 0.6) is 0 Å². The number of anilines is 1. The Morgan fingerprint density at radius 3 is 2.74 bits per heavy atom. The van der Waals surface area contributed by atoms with Crippen LogP contribution in [0.2, 0.25) is 0 Å². The number of nitrogens with two attached hydrogens (primary N) is 1. The third-order valence-corrected chi connectivity index (χ3v) is 5.61. The molecule has 11 heteroatoms. The Bertz CT molecular complexity index is 1260. The van der Waals surface area contributed by atoms with Gasteiger partial charge in [0.25, 0.3) is 0 Å². The first kappa shape index (κ1) is 19.5. The number of pyridine rings is 2. The predicted molar refractivity (Wildman–Crippen MR) is 109 cm³/mol. The van der Waals surface area contributed by atoms with Crippen LogP contribution in [0.4, 0.5) is 19.0 Å². The minimum atomic E-state index is -4.46. The van der Waals surface area contributed by atoms with E-state index in [0.29, 0.717) is 17.2 Å². The fourth-order valence-electron chi connectivity index (χ4n) is 3.81. The molecule has 0 saturated carbocycles. The number of fused-ring (bicyclic) bond motifs is 1. The van der Waals surface area contributed by atoms with Gasteiger partial charge < -0.3 is 10.6 Å². The zero-order valence-corrected chi connectivity index (χ0v) is 16.6. The van der Waals surface area contributed by atoms with Crippen molar-refractivity contribution < 1.29 is 13.2 Å². The lowest BCUT2D eigenvalue weighted by molar-refractivity contribution is -0.179. The van der Waals surface area contributed by atoms with Gasteiger partial charge in [0.15, 0.2) is 0 Å². The van der Waals surface area contributed by atoms with E-state index in [9.17, 15) is 13.2 Å². The molecule has 4 aromatic heterocycles. The largest absolute Gasteiger partial charge is 0.408 e. The Kier molecular flexibility index (Phi) is 4.26. The SMILES string of the molecule is Cn1cc(-c2cc3c(-c4cccc(N5CCC(N)(C(F)(F)F)C5)n4)n[nH]c3cn2)cn1. The summed E-state index contributed by atoms with van der Waals surface area (Å²) in [6.45, 7) is -0.147. The van der Waals surface area contributed by atoms with Gasteiger partial charge in [-0.2, -0.15) is 23.4 Å². The van der Waals surface area contributed by atoms with E-state index in [0.717, 1.165) is 22.2 Å². The molecule has 1 fully saturated rings. The first-order valence-electron chi connectivity index (χ1n) is 9.65. The molecule has 0 radical (unpaired) electrons. The molecule has 0 aromatic carbocycles. The highest BCUT2D eigenvalue weighted by molar-refractivity contribution is 5.93. The van der Waals surface area contributed by atoms with E-state index in [-0.39, 0.29) is 19.5 Å². The monoisotopic (exact) mass is 428 g/mol. The quantitative estimate of drug-likeness (QED) is 0.520. The molecular weight excluding hydrogens is 409 g/mol. The van der Waals surface area contributed by atoms with E-state index in [4.69, 9.17) is 5.73 Å². The number of aryl methyl sites for hydroxylation is 1. The number of rotatable bonds is 3. The average molecular weight is 428 g/mol. The van der Waals surface area contributed by atoms with Crippen molar-refractivity contribution in [2.75, 3.05) is 18.0 Å². The van der Waals surface area contributed by atoms with E-state index in [1.807, 2.05) is 19.3 Å². The molecule has 8 nitrogen and oxygen atoms in total. The first-order chi connectivity index (χ1) is 14.7. The number of aromatic amines is 1. The average Bonchev–Trinajstić information content (AvgIpc) is 3.45. The highest BCUT2D eigenvalue weighted by Crippen LogP contribution is 2.37. The number of alkyl halides is 3. The van der Waals surface area contributed by atoms with E-state index >= 15 is 0 Å². The van der Waals surface area contributed by atoms with Crippen molar-refractivity contribution >= 4 is 16.7 Å². The number of hydrogen-bond donors (Lipinski definition) is 2. The highest BCUT2D eigenvalue weighted by Gasteiger charge is 2.55. The van der Waals surface area contributed by atoms with Crippen molar-refractivity contribution in [3.63, 3.8) is 0 Å². The Morgan fingerprint density at radius 1 is 1.19 bits per heavy atom. The lowest BCUT2D eigenvalue weighted by atomic mass is 10.00. The summed E-state index contributed by atoms with van der Waals surface area (Å²) in [4.78, 5) is 10.6. The maximum Gasteiger partial charge on any atom is 0.408 e. The summed E-state index contributed by atoms with van der Waals surface area (Å²) in [6, 6.07) is 7.11. The Balaban J connectivity index is 1.50. The summed E-state index contributed by atoms with van der Waals surface area (Å²) in [5, 5.41) is 12.3. The summed E-state index contributed by atoms with van der Waals surface area (Å²) in [7, 11) is 1.83. The first-order valence-corrected chi connectivity index (χ1v) is 9.65. The van der Waals surface area contributed by atoms with E-state index in [1.54, 1.807) is 40.2 Å². The molecular formula is C20H19F3N8. The van der Waals surface area contributed by atoms with Gasteiger partial charge in [0.1, 0.15) is 17.1 Å². The van der Waals surface area contributed by atoms with Gasteiger partial charge in [0, 0.05) is 37.3 Å². The molecule has 1 saturated heterocycles. The van der Waals surface area contributed by atoms with Crippen LogP contribution in [-0.2, 0) is 7.05 Å². The number of H-pyrrole nitrogens is 1. The molecule has 31 heavy (non-hydrogen) atoms. The molecule has 160 valence electrons. The van der Waals surface area contributed by atoms with Crippen LogP contribution >= 0.6 is 0 Å². The van der Waals surface area contributed by atoms with E-state index in [1.165, 1.54) is 0 Å². The molecule has 1 atom stereocenters. The number of nitrogens with one attached hydrogen (secondary N) is 1. The molecule has 0 amide bonds. The zero-order valence-electron chi connectivity index (χ0n) is 16.6. The Morgan fingerprint density at radius 2 is 2.03 bits per heavy atom. The van der Waals surface area contributed by atoms with Crippen LogP contribution in [0.3, 0.4) is 0 Å². The molecule has 5 heterocycles. The van der Waals surface area contributed by atoms with Crippen LogP contribution in [0.25, 0.3) is 33.5 Å². The van der Waals surface area contributed by atoms with E-state index in [2.05, 4.69) is 25.3 Å². The molecule has 4 aromatic rings. The third-order valence-electron chi connectivity index (χ3n) is 5.61. The van der Waals surface area contributed by atoms with Gasteiger partial charge in [-0.05, 0) is 24.6 Å². The second kappa shape index (κ2) is 6.77. The molecule has 0 spiro atoms. The van der Waals surface area contributed by atoms with Gasteiger partial charge in [0.2, 0.25) is 0 Å². The molecule has 0 bridgehead atoms. The van der Waals surface area contributed by atoms with Crippen LogP contribution < -0.4 is 10.6 Å². The second-order valence-electron chi connectivity index (χ2n) is 7.80. The molecule has 5 rings (SSSR count). The minimum absolute atomic E-state index is 0.173. The van der Waals surface area contributed by atoms with E-state index < -0.39 is 11.7 Å². The molecule has 3 N–H and O–H groups in total. The topological polar surface area (TPSA) is 102 Å². The summed E-state index contributed by atoms with van der Waals surface area (Å²) < 4.78 is 41.6. The normalized spacial score (nSPS) is 19.5. The van der Waals surface area contributed by atoms with Crippen molar-refractivity contribution in [1.82, 2.24) is 29.9 Å². The Labute approximate surface area is 174 Å². The van der Waals surface area contributed by atoms with Gasteiger partial charge in [-0.1, -0.05) is 6.07 Å². The summed E-state index contributed by atoms with van der Waals surface area (Å²) in [6.07, 6.45) is 0.631. The summed E-state index contributed by atoms with van der Waals surface area (Å²) >= 11 is 0. The lowest BCUT2D eigenvalue weighted by Gasteiger charge is -2.27. The summed E-state index contributed by atoms with van der Waals surface area (Å²) in [5.41, 5.74) is 6.86. The smallest absolute Gasteiger partial charge is 0.354 e. The number of nitrogens with zero attached hydrogens (tertiary/aromatic N) is 6. The molecule has 1 aliphatic heterocycles. The zero-order chi connectivity index (χ0) is 21.8. The predicted octanol–water partition coefficient (Wildman–Crippen LogP) is 2.89. The van der Waals surface area contributed by atoms with Crippen molar-refractivity contribution in [2.24, 2.45) is 12.8 Å². The van der Waals surface area contributed by atoms with Crippen molar-refractivity contribution in [3.8, 4) is 22.6 Å². The third kappa shape index (κ3) is 3.30. The number of aromatic nitrogens is 6. The van der Waals surface area contributed by atoms with Crippen LogP contribution in [0.1, 0.15) is 6.42 Å². The number of hydrogen-bond acceptors (Lipinski definition) is 6. The van der Waals surface area contributed by atoms with Crippen LogP contribution in [-0.4, -0.2) is 54.8 Å². The van der Waals surface area contributed by atoms with Gasteiger partial charge in [-0.15, -0.1) is 0 Å². The second-order valence-corrected chi connectivity index (χ2v) is 7.80. The molecule has 0 aliphatic carbocycles. The molecule has 1 aliphatic rings. The minimum Gasteiger partial charge on any atom is -0.354 e. The van der Waals surface area contributed by atoms with Crippen LogP contribution in [0, 0.1) is 0 Å². The fourth-order valence-corrected chi connectivity index (χ4v) is 3.81. The summed E-state index contributed by atoms with van der Waals surface area (Å²) in [5.74, 6) is 0.437. The molecule has 1 unspecified atom stereocenters. The van der Waals surface area contributed by atoms with Gasteiger partial charge in [-0.25, -0.2) is 4.98 Å². The maximum absolute atomic E-state index is 13.3. The number of halogens is 3. The van der Waals surface area contributed by atoms with Crippen molar-refractivity contribution in [2.45, 2.75) is 18.1 Å². The maximum atomic E-state index is 13.3. The lowest BCUT2D eigenvalue weighted by Crippen LogP contribution is -2.55. The highest BCUT2D eigenvalue weighted by atomic mass is 19.4. The van der Waals surface area contributed by atoms with Crippen molar-refractivity contribution in [1.29, 1.82) is 0 Å².